The molecule has 0 unspecified atom stereocenters. The SMILES string of the molecule is CC[C@H](C)[C@@H](CN(Cc1cccc2ccccc12)C(=O)OCC1c2ccccc2-c2ccccc21)NC(=O)Cc1cncn1Cc1ccc(C#N)cc1. The molecule has 0 radical (unpaired) electrons. The smallest absolute Gasteiger partial charge is 0.410 e. The Balaban J connectivity index is 1.10. The van der Waals surface area contributed by atoms with E-state index in [4.69, 9.17) is 10.00 Å². The predicted octanol–water partition coefficient (Wildman–Crippen LogP) is 8.48. The molecule has 1 aliphatic rings. The summed E-state index contributed by atoms with van der Waals surface area (Å²) in [5.74, 6) is -0.126. The van der Waals surface area contributed by atoms with Gasteiger partial charge in [-0.3, -0.25) is 4.79 Å². The maximum absolute atomic E-state index is 14.3. The van der Waals surface area contributed by atoms with Crippen LogP contribution in [0.15, 0.2) is 128 Å². The van der Waals surface area contributed by atoms with E-state index in [0.29, 0.717) is 18.7 Å². The van der Waals surface area contributed by atoms with E-state index in [1.807, 2.05) is 59.2 Å². The number of carbonyl (C=O) groups is 2. The van der Waals surface area contributed by atoms with E-state index < -0.39 is 6.09 Å². The average Bonchev–Trinajstić information content (AvgIpc) is 3.77. The number of rotatable bonds is 13. The van der Waals surface area contributed by atoms with Gasteiger partial charge >= 0.3 is 6.09 Å². The Labute approximate surface area is 310 Å². The topological polar surface area (TPSA) is 100 Å². The molecular formula is C45H43N5O3. The minimum atomic E-state index is -0.414. The Bertz CT molecular complexity index is 2220. The number of benzene rings is 5. The van der Waals surface area contributed by atoms with Crippen molar-refractivity contribution in [1.82, 2.24) is 19.8 Å². The third kappa shape index (κ3) is 7.85. The molecule has 7 rings (SSSR count). The van der Waals surface area contributed by atoms with Crippen molar-refractivity contribution in [1.29, 1.82) is 5.26 Å². The van der Waals surface area contributed by atoms with Crippen LogP contribution in [0.4, 0.5) is 4.79 Å². The summed E-state index contributed by atoms with van der Waals surface area (Å²) in [6.45, 7) is 5.56. The molecule has 0 aliphatic heterocycles. The van der Waals surface area contributed by atoms with Crippen LogP contribution >= 0.6 is 0 Å². The summed E-state index contributed by atoms with van der Waals surface area (Å²) in [7, 11) is 0. The minimum absolute atomic E-state index is 0.0649. The first kappa shape index (κ1) is 35.2. The summed E-state index contributed by atoms with van der Waals surface area (Å²) < 4.78 is 8.17. The number of hydrogen-bond acceptors (Lipinski definition) is 5. The van der Waals surface area contributed by atoms with Gasteiger partial charge in [-0.15, -0.1) is 0 Å². The van der Waals surface area contributed by atoms with Crippen molar-refractivity contribution >= 4 is 22.8 Å². The first-order valence-corrected chi connectivity index (χ1v) is 18.3. The van der Waals surface area contributed by atoms with Gasteiger partial charge < -0.3 is 19.5 Å². The van der Waals surface area contributed by atoms with Crippen molar-refractivity contribution in [3.63, 3.8) is 0 Å². The molecule has 0 saturated carbocycles. The van der Waals surface area contributed by atoms with Crippen molar-refractivity contribution in [3.05, 3.63) is 161 Å². The number of nitrogens with zero attached hydrogens (tertiary/aromatic N) is 4. The monoisotopic (exact) mass is 701 g/mol. The fourth-order valence-electron chi connectivity index (χ4n) is 7.36. The average molecular weight is 702 g/mol. The van der Waals surface area contributed by atoms with Crippen LogP contribution in [0.25, 0.3) is 21.9 Å². The summed E-state index contributed by atoms with van der Waals surface area (Å²) in [5, 5.41) is 14.6. The molecule has 53 heavy (non-hydrogen) atoms. The van der Waals surface area contributed by atoms with E-state index in [1.165, 1.54) is 11.1 Å². The molecular weight excluding hydrogens is 659 g/mol. The van der Waals surface area contributed by atoms with Gasteiger partial charge in [0.05, 0.1) is 24.4 Å². The molecule has 2 atom stereocenters. The number of amides is 2. The summed E-state index contributed by atoms with van der Waals surface area (Å²) in [4.78, 5) is 34.1. The number of nitriles is 1. The lowest BCUT2D eigenvalue weighted by atomic mass is 9.97. The predicted molar refractivity (Wildman–Crippen MR) is 207 cm³/mol. The minimum Gasteiger partial charge on any atom is -0.448 e. The molecule has 0 fully saturated rings. The highest BCUT2D eigenvalue weighted by molar-refractivity contribution is 5.86. The molecule has 8 heteroatoms. The number of hydrogen-bond donors (Lipinski definition) is 1. The van der Waals surface area contributed by atoms with Crippen molar-refractivity contribution in [2.24, 2.45) is 5.92 Å². The Morgan fingerprint density at radius 1 is 0.906 bits per heavy atom. The number of carbonyl (C=O) groups excluding carboxylic acids is 2. The largest absolute Gasteiger partial charge is 0.448 e. The molecule has 1 heterocycles. The molecule has 0 spiro atoms. The van der Waals surface area contributed by atoms with Crippen LogP contribution in [0.1, 0.15) is 59.7 Å². The second-order valence-corrected chi connectivity index (χ2v) is 13.9. The van der Waals surface area contributed by atoms with Crippen LogP contribution < -0.4 is 5.32 Å². The Kier molecular flexibility index (Phi) is 10.6. The number of fused-ring (bicyclic) bond motifs is 4. The lowest BCUT2D eigenvalue weighted by molar-refractivity contribution is -0.121. The highest BCUT2D eigenvalue weighted by Gasteiger charge is 2.31. The van der Waals surface area contributed by atoms with Gasteiger partial charge in [-0.25, -0.2) is 9.78 Å². The lowest BCUT2D eigenvalue weighted by Crippen LogP contribution is -2.49. The number of ether oxygens (including phenoxy) is 1. The molecule has 266 valence electrons. The van der Waals surface area contributed by atoms with Gasteiger partial charge in [0.25, 0.3) is 0 Å². The fourth-order valence-corrected chi connectivity index (χ4v) is 7.36. The van der Waals surface area contributed by atoms with Crippen LogP contribution in [-0.2, 0) is 29.0 Å². The molecule has 6 aromatic rings. The fraction of sp³-hybridized carbons (Fsp3) is 0.244. The van der Waals surface area contributed by atoms with E-state index in [2.05, 4.69) is 78.7 Å². The van der Waals surface area contributed by atoms with Crippen molar-refractivity contribution in [2.75, 3.05) is 13.2 Å². The number of aromatic nitrogens is 2. The van der Waals surface area contributed by atoms with Gasteiger partial charge in [0, 0.05) is 43.5 Å². The maximum Gasteiger partial charge on any atom is 0.410 e. The molecule has 0 saturated heterocycles. The highest BCUT2D eigenvalue weighted by atomic mass is 16.6. The van der Waals surface area contributed by atoms with E-state index >= 15 is 0 Å². The van der Waals surface area contributed by atoms with Crippen molar-refractivity contribution in [3.8, 4) is 17.2 Å². The van der Waals surface area contributed by atoms with Gasteiger partial charge in [0.1, 0.15) is 6.61 Å². The number of nitrogens with one attached hydrogen (secondary N) is 1. The maximum atomic E-state index is 14.3. The summed E-state index contributed by atoms with van der Waals surface area (Å²) in [6.07, 6.45) is 3.97. The Hall–Kier alpha value is -6.20. The standard InChI is InChI=1S/C45H43N5O3/c1-3-31(2)43(48-44(51)23-36-25-47-30-50(36)26-33-21-19-32(24-46)20-22-33)28-49(27-35-13-10-12-34-11-4-5-14-37(34)35)45(52)53-29-42-40-17-8-6-15-38(40)39-16-7-9-18-41(39)42/h4-22,25,30-31,42-43H,3,23,26-29H2,1-2H3,(H,48,51)/t31-,43+/m0/s1. The second kappa shape index (κ2) is 16.0. The van der Waals surface area contributed by atoms with Crippen LogP contribution in [0.3, 0.4) is 0 Å². The van der Waals surface area contributed by atoms with Crippen LogP contribution in [0, 0.1) is 17.2 Å². The van der Waals surface area contributed by atoms with Gasteiger partial charge in [0.2, 0.25) is 5.91 Å². The first-order valence-electron chi connectivity index (χ1n) is 18.3. The van der Waals surface area contributed by atoms with Crippen LogP contribution in [-0.4, -0.2) is 45.6 Å². The van der Waals surface area contributed by atoms with E-state index in [9.17, 15) is 9.59 Å². The van der Waals surface area contributed by atoms with Crippen LogP contribution in [0.2, 0.25) is 0 Å². The van der Waals surface area contributed by atoms with Gasteiger partial charge in [-0.05, 0) is 62.2 Å². The van der Waals surface area contributed by atoms with E-state index in [1.54, 1.807) is 29.6 Å². The molecule has 1 N–H and O–H groups in total. The highest BCUT2D eigenvalue weighted by Crippen LogP contribution is 2.44. The van der Waals surface area contributed by atoms with E-state index in [-0.39, 0.29) is 43.4 Å². The van der Waals surface area contributed by atoms with Gasteiger partial charge in [0.15, 0.2) is 0 Å². The van der Waals surface area contributed by atoms with Crippen LogP contribution in [0.5, 0.6) is 0 Å². The molecule has 0 bridgehead atoms. The molecule has 5 aromatic carbocycles. The second-order valence-electron chi connectivity index (χ2n) is 13.9. The summed E-state index contributed by atoms with van der Waals surface area (Å²) >= 11 is 0. The van der Waals surface area contributed by atoms with Crippen molar-refractivity contribution in [2.45, 2.75) is 51.7 Å². The van der Waals surface area contributed by atoms with E-state index in [0.717, 1.165) is 45.1 Å². The summed E-state index contributed by atoms with van der Waals surface area (Å²) in [6, 6.07) is 40.2. The summed E-state index contributed by atoms with van der Waals surface area (Å²) in [5.41, 5.74) is 8.06. The third-order valence-corrected chi connectivity index (χ3v) is 10.5. The van der Waals surface area contributed by atoms with Gasteiger partial charge in [-0.2, -0.15) is 5.26 Å². The quantitative estimate of drug-likeness (QED) is 0.130. The zero-order chi connectivity index (χ0) is 36.7. The molecule has 8 nitrogen and oxygen atoms in total. The molecule has 1 aromatic heterocycles. The lowest BCUT2D eigenvalue weighted by Gasteiger charge is -2.31. The zero-order valence-corrected chi connectivity index (χ0v) is 30.1. The third-order valence-electron chi connectivity index (χ3n) is 10.5. The van der Waals surface area contributed by atoms with Gasteiger partial charge in [-0.1, -0.05) is 123 Å². The Morgan fingerprint density at radius 2 is 1.58 bits per heavy atom. The first-order chi connectivity index (χ1) is 25.9. The van der Waals surface area contributed by atoms with Crippen molar-refractivity contribution < 1.29 is 14.3 Å². The molecule has 1 aliphatic carbocycles. The molecule has 2 amide bonds. The normalized spacial score (nSPS) is 13.1. The number of imidazole rings is 1. The zero-order valence-electron chi connectivity index (χ0n) is 30.1. The Morgan fingerprint density at radius 3 is 2.30 bits per heavy atom.